The van der Waals surface area contributed by atoms with Gasteiger partial charge >= 0.3 is 0 Å². The summed E-state index contributed by atoms with van der Waals surface area (Å²) in [5, 5.41) is 10.1. The summed E-state index contributed by atoms with van der Waals surface area (Å²) in [4.78, 5) is 10.9. The Morgan fingerprint density at radius 3 is 2.69 bits per heavy atom. The summed E-state index contributed by atoms with van der Waals surface area (Å²) in [6, 6.07) is -0.114. The molecule has 76 valence electrons. The molecule has 1 unspecified atom stereocenters. The highest BCUT2D eigenvalue weighted by molar-refractivity contribution is 5.86. The van der Waals surface area contributed by atoms with Gasteiger partial charge in [0.05, 0.1) is 6.04 Å². The van der Waals surface area contributed by atoms with Crippen molar-refractivity contribution < 1.29 is 10.0 Å². The van der Waals surface area contributed by atoms with Gasteiger partial charge in [0.1, 0.15) is 0 Å². The van der Waals surface area contributed by atoms with E-state index < -0.39 is 5.91 Å². The molecule has 0 bridgehead atoms. The molecule has 3 heteroatoms. The van der Waals surface area contributed by atoms with Gasteiger partial charge in [-0.3, -0.25) is 10.0 Å². The third kappa shape index (κ3) is 4.68. The van der Waals surface area contributed by atoms with Gasteiger partial charge in [-0.25, -0.2) is 5.06 Å². The number of carbonyl (C=O) groups excluding carboxylic acids is 1. The lowest BCUT2D eigenvalue weighted by Crippen LogP contribution is -2.34. The van der Waals surface area contributed by atoms with E-state index in [0.717, 1.165) is 36.8 Å². The van der Waals surface area contributed by atoms with Crippen LogP contribution in [0, 0.1) is 0 Å². The Kier molecular flexibility index (Phi) is 6.24. The standard InChI is InChI=1S/C10H19NO2/c1-4-6-7-8-9(3)11(13)10(12)5-2/h5,9,13H,2,4,6-8H2,1,3H3. The molecule has 1 atom stereocenters. The summed E-state index contributed by atoms with van der Waals surface area (Å²) < 4.78 is 0. The second kappa shape index (κ2) is 6.66. The number of carbonyl (C=O) groups is 1. The van der Waals surface area contributed by atoms with Gasteiger partial charge in [-0.15, -0.1) is 0 Å². The second-order valence-electron chi connectivity index (χ2n) is 3.23. The van der Waals surface area contributed by atoms with Crippen molar-refractivity contribution >= 4 is 5.91 Å². The van der Waals surface area contributed by atoms with Crippen LogP contribution in [0.3, 0.4) is 0 Å². The van der Waals surface area contributed by atoms with E-state index in [9.17, 15) is 10.0 Å². The monoisotopic (exact) mass is 185 g/mol. The molecular weight excluding hydrogens is 166 g/mol. The van der Waals surface area contributed by atoms with Crippen molar-refractivity contribution in [2.75, 3.05) is 0 Å². The molecule has 0 aromatic heterocycles. The van der Waals surface area contributed by atoms with Crippen molar-refractivity contribution in [2.45, 2.75) is 45.6 Å². The molecule has 0 radical (unpaired) electrons. The summed E-state index contributed by atoms with van der Waals surface area (Å²) in [6.45, 7) is 7.26. The number of hydrogen-bond acceptors (Lipinski definition) is 2. The fraction of sp³-hybridized carbons (Fsp3) is 0.700. The van der Waals surface area contributed by atoms with Gasteiger partial charge in [0.25, 0.3) is 5.91 Å². The molecule has 0 aliphatic carbocycles. The van der Waals surface area contributed by atoms with Crippen LogP contribution in [0.15, 0.2) is 12.7 Å². The molecular formula is C10H19NO2. The molecule has 13 heavy (non-hydrogen) atoms. The van der Waals surface area contributed by atoms with Crippen LogP contribution in [-0.4, -0.2) is 22.2 Å². The van der Waals surface area contributed by atoms with E-state index in [0.29, 0.717) is 0 Å². The SMILES string of the molecule is C=CC(=O)N(O)C(C)CCCCC. The van der Waals surface area contributed by atoms with E-state index in [4.69, 9.17) is 0 Å². The maximum absolute atomic E-state index is 10.9. The first-order valence-electron chi connectivity index (χ1n) is 4.78. The first-order chi connectivity index (χ1) is 6.13. The minimum atomic E-state index is -0.427. The smallest absolute Gasteiger partial charge is 0.269 e. The third-order valence-electron chi connectivity index (χ3n) is 2.04. The van der Waals surface area contributed by atoms with E-state index in [1.807, 2.05) is 6.92 Å². The average molecular weight is 185 g/mol. The lowest BCUT2D eigenvalue weighted by molar-refractivity contribution is -0.168. The molecule has 1 amide bonds. The van der Waals surface area contributed by atoms with Crippen molar-refractivity contribution in [3.8, 4) is 0 Å². The molecule has 0 aliphatic rings. The maximum atomic E-state index is 10.9. The summed E-state index contributed by atoms with van der Waals surface area (Å²) >= 11 is 0. The zero-order valence-electron chi connectivity index (χ0n) is 8.49. The van der Waals surface area contributed by atoms with Crippen LogP contribution in [0.2, 0.25) is 0 Å². The Morgan fingerprint density at radius 1 is 1.62 bits per heavy atom. The molecule has 0 aliphatic heterocycles. The van der Waals surface area contributed by atoms with Crippen LogP contribution < -0.4 is 0 Å². The van der Waals surface area contributed by atoms with Gasteiger partial charge in [-0.1, -0.05) is 32.8 Å². The molecule has 0 aromatic carbocycles. The van der Waals surface area contributed by atoms with Crippen molar-refractivity contribution in [1.29, 1.82) is 0 Å². The second-order valence-corrected chi connectivity index (χ2v) is 3.23. The van der Waals surface area contributed by atoms with E-state index in [-0.39, 0.29) is 6.04 Å². The van der Waals surface area contributed by atoms with Crippen LogP contribution in [0.25, 0.3) is 0 Å². The average Bonchev–Trinajstić information content (AvgIpc) is 2.15. The Hall–Kier alpha value is -0.830. The number of rotatable bonds is 6. The number of unbranched alkanes of at least 4 members (excludes halogenated alkanes) is 2. The fourth-order valence-corrected chi connectivity index (χ4v) is 1.12. The lowest BCUT2D eigenvalue weighted by Gasteiger charge is -2.20. The normalized spacial score (nSPS) is 12.2. The zero-order chi connectivity index (χ0) is 10.3. The molecule has 0 rings (SSSR count). The lowest BCUT2D eigenvalue weighted by atomic mass is 10.1. The van der Waals surface area contributed by atoms with Crippen molar-refractivity contribution in [3.05, 3.63) is 12.7 Å². The van der Waals surface area contributed by atoms with Crippen LogP contribution in [0.1, 0.15) is 39.5 Å². The summed E-state index contributed by atoms with van der Waals surface area (Å²) in [7, 11) is 0. The Balaban J connectivity index is 3.74. The van der Waals surface area contributed by atoms with E-state index in [1.165, 1.54) is 0 Å². The van der Waals surface area contributed by atoms with E-state index in [2.05, 4.69) is 13.5 Å². The highest BCUT2D eigenvalue weighted by atomic mass is 16.5. The van der Waals surface area contributed by atoms with Crippen LogP contribution in [-0.2, 0) is 4.79 Å². The third-order valence-corrected chi connectivity index (χ3v) is 2.04. The van der Waals surface area contributed by atoms with Gasteiger partial charge in [0, 0.05) is 0 Å². The van der Waals surface area contributed by atoms with Gasteiger partial charge < -0.3 is 0 Å². The van der Waals surface area contributed by atoms with Crippen molar-refractivity contribution in [2.24, 2.45) is 0 Å². The molecule has 0 saturated carbocycles. The van der Waals surface area contributed by atoms with Gasteiger partial charge in [-0.05, 0) is 19.4 Å². The van der Waals surface area contributed by atoms with Crippen LogP contribution >= 0.6 is 0 Å². The van der Waals surface area contributed by atoms with Gasteiger partial charge in [-0.2, -0.15) is 0 Å². The van der Waals surface area contributed by atoms with Crippen molar-refractivity contribution in [1.82, 2.24) is 5.06 Å². The van der Waals surface area contributed by atoms with Gasteiger partial charge in [0.15, 0.2) is 0 Å². The Morgan fingerprint density at radius 2 is 2.23 bits per heavy atom. The predicted octanol–water partition coefficient (Wildman–Crippen LogP) is 2.36. The van der Waals surface area contributed by atoms with E-state index in [1.54, 1.807) is 0 Å². The number of amides is 1. The molecule has 0 fully saturated rings. The molecule has 0 heterocycles. The number of nitrogens with zero attached hydrogens (tertiary/aromatic N) is 1. The first kappa shape index (κ1) is 12.2. The molecule has 1 N–H and O–H groups in total. The molecule has 3 nitrogen and oxygen atoms in total. The minimum Gasteiger partial charge on any atom is -0.285 e. The van der Waals surface area contributed by atoms with Crippen molar-refractivity contribution in [3.63, 3.8) is 0 Å². The first-order valence-corrected chi connectivity index (χ1v) is 4.78. The Bertz CT molecular complexity index is 168. The van der Waals surface area contributed by atoms with Crippen LogP contribution in [0.5, 0.6) is 0 Å². The molecule has 0 spiro atoms. The fourth-order valence-electron chi connectivity index (χ4n) is 1.12. The largest absolute Gasteiger partial charge is 0.285 e. The Labute approximate surface area is 80.0 Å². The van der Waals surface area contributed by atoms with E-state index >= 15 is 0 Å². The topological polar surface area (TPSA) is 40.5 Å². The summed E-state index contributed by atoms with van der Waals surface area (Å²) in [6.07, 6.45) is 5.29. The quantitative estimate of drug-likeness (QED) is 0.299. The number of hydrogen-bond donors (Lipinski definition) is 1. The highest BCUT2D eigenvalue weighted by Crippen LogP contribution is 2.08. The van der Waals surface area contributed by atoms with Gasteiger partial charge in [0.2, 0.25) is 0 Å². The number of hydroxylamine groups is 2. The predicted molar refractivity (Wildman–Crippen MR) is 52.4 cm³/mol. The van der Waals surface area contributed by atoms with Crippen LogP contribution in [0.4, 0.5) is 0 Å². The summed E-state index contributed by atoms with van der Waals surface area (Å²) in [5.41, 5.74) is 0. The zero-order valence-corrected chi connectivity index (χ0v) is 8.49. The summed E-state index contributed by atoms with van der Waals surface area (Å²) in [5.74, 6) is -0.427. The molecule has 0 saturated heterocycles. The maximum Gasteiger partial charge on any atom is 0.269 e. The highest BCUT2D eigenvalue weighted by Gasteiger charge is 2.14. The molecule has 0 aromatic rings. The minimum absolute atomic E-state index is 0.114.